The lowest BCUT2D eigenvalue weighted by molar-refractivity contribution is 0.299. The molecule has 0 saturated heterocycles. The average Bonchev–Trinajstić information content (AvgIpc) is 2.44. The molecule has 0 spiro atoms. The van der Waals surface area contributed by atoms with Crippen molar-refractivity contribution in [2.75, 3.05) is 13.2 Å². The molecule has 1 aromatic rings. The first kappa shape index (κ1) is 17.3. The minimum absolute atomic E-state index is 0.258. The van der Waals surface area contributed by atoms with Gasteiger partial charge in [-0.2, -0.15) is 0 Å². The highest BCUT2D eigenvalue weighted by molar-refractivity contribution is 6.30. The lowest BCUT2D eigenvalue weighted by Gasteiger charge is -2.18. The Hall–Kier alpha value is -0.730. The summed E-state index contributed by atoms with van der Waals surface area (Å²) in [5, 5.41) is 4.17. The van der Waals surface area contributed by atoms with Crippen LogP contribution >= 0.6 is 11.6 Å². The van der Waals surface area contributed by atoms with Crippen molar-refractivity contribution in [2.45, 2.75) is 58.9 Å². The number of ether oxygens (including phenoxy) is 1. The maximum Gasteiger partial charge on any atom is 0.124 e. The summed E-state index contributed by atoms with van der Waals surface area (Å²) in [5.74, 6) is 0.957. The molecule has 0 fully saturated rings. The predicted molar refractivity (Wildman–Crippen MR) is 87.8 cm³/mol. The van der Waals surface area contributed by atoms with Crippen molar-refractivity contribution < 1.29 is 4.74 Å². The molecule has 0 saturated carbocycles. The first-order valence-corrected chi connectivity index (χ1v) is 8.22. The second-order valence-corrected chi connectivity index (χ2v) is 5.66. The molecule has 1 unspecified atom stereocenters. The molecule has 0 bridgehead atoms. The summed E-state index contributed by atoms with van der Waals surface area (Å²) in [6.07, 6.45) is 6.28. The van der Waals surface area contributed by atoms with Crippen LogP contribution in [0.3, 0.4) is 0 Å². The smallest absolute Gasteiger partial charge is 0.124 e. The molecule has 114 valence electrons. The molecule has 1 rings (SSSR count). The van der Waals surface area contributed by atoms with E-state index in [4.69, 9.17) is 16.3 Å². The molecule has 1 aromatic carbocycles. The van der Waals surface area contributed by atoms with Gasteiger partial charge in [-0.1, -0.05) is 51.1 Å². The van der Waals surface area contributed by atoms with E-state index < -0.39 is 0 Å². The minimum atomic E-state index is 0.258. The maximum absolute atomic E-state index is 6.10. The van der Waals surface area contributed by atoms with Gasteiger partial charge in [0, 0.05) is 16.6 Å². The summed E-state index contributed by atoms with van der Waals surface area (Å²) >= 11 is 6.10. The van der Waals surface area contributed by atoms with Gasteiger partial charge in [-0.05, 0) is 38.1 Å². The first-order valence-electron chi connectivity index (χ1n) is 7.84. The highest BCUT2D eigenvalue weighted by atomic mass is 35.5. The second kappa shape index (κ2) is 10.1. The number of hydrogen-bond donors (Lipinski definition) is 1. The van der Waals surface area contributed by atoms with Gasteiger partial charge < -0.3 is 10.1 Å². The zero-order valence-electron chi connectivity index (χ0n) is 13.0. The fourth-order valence-corrected chi connectivity index (χ4v) is 2.47. The lowest BCUT2D eigenvalue weighted by Crippen LogP contribution is -2.18. The number of rotatable bonds is 10. The van der Waals surface area contributed by atoms with Gasteiger partial charge in [-0.3, -0.25) is 0 Å². The van der Waals surface area contributed by atoms with Gasteiger partial charge in [0.25, 0.3) is 0 Å². The molecule has 1 N–H and O–H groups in total. The van der Waals surface area contributed by atoms with Crippen LogP contribution in [0.1, 0.15) is 64.5 Å². The van der Waals surface area contributed by atoms with Crippen molar-refractivity contribution in [3.05, 3.63) is 28.8 Å². The Kier molecular flexibility index (Phi) is 8.72. The molecule has 0 aromatic heterocycles. The number of benzene rings is 1. The van der Waals surface area contributed by atoms with Crippen LogP contribution in [-0.2, 0) is 0 Å². The largest absolute Gasteiger partial charge is 0.493 e. The molecule has 1 atom stereocenters. The van der Waals surface area contributed by atoms with E-state index in [9.17, 15) is 0 Å². The van der Waals surface area contributed by atoms with Gasteiger partial charge in [-0.25, -0.2) is 0 Å². The van der Waals surface area contributed by atoms with E-state index in [1.165, 1.54) is 25.7 Å². The molecule has 2 nitrogen and oxygen atoms in total. The second-order valence-electron chi connectivity index (χ2n) is 5.22. The molecule has 20 heavy (non-hydrogen) atoms. The van der Waals surface area contributed by atoms with E-state index in [1.807, 2.05) is 18.2 Å². The topological polar surface area (TPSA) is 21.3 Å². The summed E-state index contributed by atoms with van der Waals surface area (Å²) in [7, 11) is 0. The highest BCUT2D eigenvalue weighted by Gasteiger charge is 2.11. The van der Waals surface area contributed by atoms with E-state index in [0.717, 1.165) is 35.9 Å². The fourth-order valence-electron chi connectivity index (χ4n) is 2.29. The quantitative estimate of drug-likeness (QED) is 0.587. The van der Waals surface area contributed by atoms with Crippen LogP contribution in [-0.4, -0.2) is 13.2 Å². The third kappa shape index (κ3) is 6.15. The van der Waals surface area contributed by atoms with Gasteiger partial charge in [-0.15, -0.1) is 0 Å². The summed E-state index contributed by atoms with van der Waals surface area (Å²) in [5.41, 5.74) is 1.15. The fraction of sp³-hybridized carbons (Fsp3) is 0.647. The SMILES string of the molecule is CCCCCCCOc1ccc(Cl)cc1C(C)NCC. The molecule has 0 aliphatic heterocycles. The normalized spacial score (nSPS) is 12.4. The van der Waals surface area contributed by atoms with Gasteiger partial charge >= 0.3 is 0 Å². The number of halogens is 1. The van der Waals surface area contributed by atoms with Crippen LogP contribution in [0.25, 0.3) is 0 Å². The zero-order chi connectivity index (χ0) is 14.8. The molecule has 3 heteroatoms. The Morgan fingerprint density at radius 2 is 1.90 bits per heavy atom. The first-order chi connectivity index (χ1) is 9.69. The minimum Gasteiger partial charge on any atom is -0.493 e. The molecule has 0 heterocycles. The Labute approximate surface area is 128 Å². The van der Waals surface area contributed by atoms with E-state index in [1.54, 1.807) is 0 Å². The van der Waals surface area contributed by atoms with Crippen molar-refractivity contribution in [2.24, 2.45) is 0 Å². The molecule has 0 aliphatic rings. The Balaban J connectivity index is 2.51. The van der Waals surface area contributed by atoms with Crippen LogP contribution in [0.5, 0.6) is 5.75 Å². The standard InChI is InChI=1S/C17H28ClNO/c1-4-6-7-8-9-12-20-17-11-10-15(18)13-16(17)14(3)19-5-2/h10-11,13-14,19H,4-9,12H2,1-3H3. The van der Waals surface area contributed by atoms with Crippen molar-refractivity contribution in [3.63, 3.8) is 0 Å². The molecule has 0 aliphatic carbocycles. The van der Waals surface area contributed by atoms with Crippen molar-refractivity contribution >= 4 is 11.6 Å². The molecular weight excluding hydrogens is 270 g/mol. The van der Waals surface area contributed by atoms with E-state index in [-0.39, 0.29) is 6.04 Å². The Morgan fingerprint density at radius 3 is 2.60 bits per heavy atom. The van der Waals surface area contributed by atoms with E-state index >= 15 is 0 Å². The Morgan fingerprint density at radius 1 is 1.15 bits per heavy atom. The number of hydrogen-bond acceptors (Lipinski definition) is 2. The highest BCUT2D eigenvalue weighted by Crippen LogP contribution is 2.28. The number of unbranched alkanes of at least 4 members (excludes halogenated alkanes) is 4. The Bertz CT molecular complexity index is 381. The third-order valence-corrected chi connectivity index (χ3v) is 3.69. The summed E-state index contributed by atoms with van der Waals surface area (Å²) in [4.78, 5) is 0. The molecule has 0 amide bonds. The third-order valence-electron chi connectivity index (χ3n) is 3.45. The molecule has 0 radical (unpaired) electrons. The average molecular weight is 298 g/mol. The summed E-state index contributed by atoms with van der Waals surface area (Å²) < 4.78 is 5.94. The number of nitrogens with one attached hydrogen (secondary N) is 1. The zero-order valence-corrected chi connectivity index (χ0v) is 13.8. The van der Waals surface area contributed by atoms with Crippen molar-refractivity contribution in [1.29, 1.82) is 0 Å². The van der Waals surface area contributed by atoms with E-state index in [2.05, 4.69) is 26.1 Å². The van der Waals surface area contributed by atoms with Crippen LogP contribution < -0.4 is 10.1 Å². The monoisotopic (exact) mass is 297 g/mol. The lowest BCUT2D eigenvalue weighted by atomic mass is 10.1. The van der Waals surface area contributed by atoms with Gasteiger partial charge in [0.15, 0.2) is 0 Å². The van der Waals surface area contributed by atoms with Crippen molar-refractivity contribution in [3.8, 4) is 5.75 Å². The predicted octanol–water partition coefficient (Wildman–Crippen LogP) is 5.36. The van der Waals surface area contributed by atoms with Gasteiger partial charge in [0.05, 0.1) is 6.61 Å². The van der Waals surface area contributed by atoms with Crippen LogP contribution in [0.2, 0.25) is 5.02 Å². The summed E-state index contributed by atoms with van der Waals surface area (Å²) in [6, 6.07) is 6.14. The van der Waals surface area contributed by atoms with Crippen LogP contribution in [0.15, 0.2) is 18.2 Å². The van der Waals surface area contributed by atoms with Crippen LogP contribution in [0.4, 0.5) is 0 Å². The van der Waals surface area contributed by atoms with Crippen molar-refractivity contribution in [1.82, 2.24) is 5.32 Å². The van der Waals surface area contributed by atoms with E-state index in [0.29, 0.717) is 0 Å². The van der Waals surface area contributed by atoms with Crippen LogP contribution in [0, 0.1) is 0 Å². The van der Waals surface area contributed by atoms with Gasteiger partial charge in [0.2, 0.25) is 0 Å². The van der Waals surface area contributed by atoms with Gasteiger partial charge in [0.1, 0.15) is 5.75 Å². The summed E-state index contributed by atoms with van der Waals surface area (Å²) in [6.45, 7) is 8.21. The molecular formula is C17H28ClNO. The maximum atomic E-state index is 6.10.